The quantitative estimate of drug-likeness (QED) is 0.573. The Labute approximate surface area is 114 Å². The highest BCUT2D eigenvalue weighted by atomic mass is 19.4. The third-order valence-electron chi connectivity index (χ3n) is 2.54. The molecule has 8 heteroatoms. The summed E-state index contributed by atoms with van der Waals surface area (Å²) < 4.78 is 36.0. The first kappa shape index (κ1) is 16.2. The van der Waals surface area contributed by atoms with E-state index in [1.807, 2.05) is 13.8 Å². The molecule has 0 saturated heterocycles. The van der Waals surface area contributed by atoms with Crippen LogP contribution in [0.25, 0.3) is 0 Å². The molecule has 1 amide bonds. The monoisotopic (exact) mass is 290 g/mol. The number of nitrogens with one attached hydrogen (secondary N) is 2. The van der Waals surface area contributed by atoms with Crippen LogP contribution in [0.1, 0.15) is 42.2 Å². The van der Waals surface area contributed by atoms with Crippen LogP contribution in [0.4, 0.5) is 19.0 Å². The lowest BCUT2D eigenvalue weighted by Crippen LogP contribution is -2.28. The van der Waals surface area contributed by atoms with Gasteiger partial charge in [-0.05, 0) is 18.1 Å². The van der Waals surface area contributed by atoms with Gasteiger partial charge in [-0.15, -0.1) is 0 Å². The van der Waals surface area contributed by atoms with Crippen LogP contribution in [0.15, 0.2) is 12.1 Å². The molecule has 1 aromatic heterocycles. The molecule has 20 heavy (non-hydrogen) atoms. The van der Waals surface area contributed by atoms with E-state index in [0.29, 0.717) is 5.69 Å². The largest absolute Gasteiger partial charge is 0.390 e. The minimum Gasteiger partial charge on any atom is -0.352 e. The number of nitrogens with zero attached hydrogens (tertiary/aromatic N) is 1. The Bertz CT molecular complexity index is 474. The summed E-state index contributed by atoms with van der Waals surface area (Å²) in [5, 5.41) is 2.22. The molecule has 0 spiro atoms. The highest BCUT2D eigenvalue weighted by Gasteiger charge is 2.26. The smallest absolute Gasteiger partial charge is 0.352 e. The van der Waals surface area contributed by atoms with Crippen molar-refractivity contribution >= 4 is 11.7 Å². The van der Waals surface area contributed by atoms with Gasteiger partial charge in [-0.25, -0.2) is 10.8 Å². The van der Waals surface area contributed by atoms with Crippen molar-refractivity contribution in [1.82, 2.24) is 10.3 Å². The predicted molar refractivity (Wildman–Crippen MR) is 69.1 cm³/mol. The van der Waals surface area contributed by atoms with Crippen molar-refractivity contribution in [3.8, 4) is 0 Å². The summed E-state index contributed by atoms with van der Waals surface area (Å²) in [5.41, 5.74) is 3.17. The Morgan fingerprint density at radius 2 is 2.05 bits per heavy atom. The number of nitrogen functional groups attached to an aromatic ring is 1. The number of carbonyl (C=O) groups is 1. The van der Waals surface area contributed by atoms with Crippen LogP contribution < -0.4 is 16.6 Å². The number of amides is 1. The molecule has 0 radical (unpaired) electrons. The Morgan fingerprint density at radius 1 is 1.40 bits per heavy atom. The number of pyridine rings is 1. The Kier molecular flexibility index (Phi) is 5.32. The maximum absolute atomic E-state index is 12.0. The van der Waals surface area contributed by atoms with E-state index in [1.165, 1.54) is 12.1 Å². The van der Waals surface area contributed by atoms with E-state index in [-0.39, 0.29) is 17.3 Å². The summed E-state index contributed by atoms with van der Waals surface area (Å²) in [7, 11) is 0. The van der Waals surface area contributed by atoms with E-state index in [4.69, 9.17) is 5.84 Å². The maximum atomic E-state index is 12.0. The molecule has 1 rings (SSSR count). The van der Waals surface area contributed by atoms with E-state index in [0.717, 1.165) is 0 Å². The van der Waals surface area contributed by atoms with Crippen LogP contribution in [0, 0.1) is 0 Å². The van der Waals surface area contributed by atoms with Crippen LogP contribution in [0.3, 0.4) is 0 Å². The lowest BCUT2D eigenvalue weighted by molar-refractivity contribution is -0.132. The average Bonchev–Trinajstić information content (AvgIpc) is 2.36. The Morgan fingerprint density at radius 3 is 2.55 bits per heavy atom. The number of hydrogen-bond acceptors (Lipinski definition) is 4. The van der Waals surface area contributed by atoms with Gasteiger partial charge in [0.25, 0.3) is 5.91 Å². The SMILES string of the molecule is CC(C)c1cc(C(=O)NCCC(F)(F)F)cc(NN)n1. The third kappa shape index (κ3) is 5.04. The van der Waals surface area contributed by atoms with Crippen LogP contribution in [0.2, 0.25) is 0 Å². The fraction of sp³-hybridized carbons (Fsp3) is 0.500. The highest BCUT2D eigenvalue weighted by molar-refractivity contribution is 5.95. The molecular formula is C12H17F3N4O. The summed E-state index contributed by atoms with van der Waals surface area (Å²) in [4.78, 5) is 16.0. The molecule has 0 atom stereocenters. The number of halogens is 3. The van der Waals surface area contributed by atoms with Crippen molar-refractivity contribution in [3.05, 3.63) is 23.4 Å². The van der Waals surface area contributed by atoms with Gasteiger partial charge in [0.2, 0.25) is 0 Å². The van der Waals surface area contributed by atoms with E-state index < -0.39 is 25.0 Å². The first-order valence-electron chi connectivity index (χ1n) is 6.06. The number of carbonyl (C=O) groups excluding carboxylic acids is 1. The van der Waals surface area contributed by atoms with Gasteiger partial charge >= 0.3 is 6.18 Å². The van der Waals surface area contributed by atoms with Gasteiger partial charge < -0.3 is 10.7 Å². The molecule has 5 nitrogen and oxygen atoms in total. The number of nitrogens with two attached hydrogens (primary N) is 1. The lowest BCUT2D eigenvalue weighted by atomic mass is 10.1. The lowest BCUT2D eigenvalue weighted by Gasteiger charge is -2.11. The summed E-state index contributed by atoms with van der Waals surface area (Å²) in [6.45, 7) is 3.30. The van der Waals surface area contributed by atoms with Crippen LogP contribution >= 0.6 is 0 Å². The van der Waals surface area contributed by atoms with Gasteiger partial charge in [0.05, 0.1) is 6.42 Å². The summed E-state index contributed by atoms with van der Waals surface area (Å²) in [6, 6.07) is 2.92. The van der Waals surface area contributed by atoms with Crippen molar-refractivity contribution < 1.29 is 18.0 Å². The zero-order valence-electron chi connectivity index (χ0n) is 11.2. The zero-order chi connectivity index (χ0) is 15.3. The first-order valence-corrected chi connectivity index (χ1v) is 6.06. The fourth-order valence-corrected chi connectivity index (χ4v) is 1.47. The zero-order valence-corrected chi connectivity index (χ0v) is 11.2. The van der Waals surface area contributed by atoms with Crippen molar-refractivity contribution in [1.29, 1.82) is 0 Å². The molecule has 0 unspecified atom stereocenters. The number of aromatic nitrogens is 1. The van der Waals surface area contributed by atoms with Crippen molar-refractivity contribution in [2.24, 2.45) is 5.84 Å². The number of alkyl halides is 3. The summed E-state index contributed by atoms with van der Waals surface area (Å²) in [5.74, 6) is 5.01. The van der Waals surface area contributed by atoms with Gasteiger partial charge in [-0.3, -0.25) is 4.79 Å². The molecule has 0 aliphatic heterocycles. The second-order valence-electron chi connectivity index (χ2n) is 4.59. The second kappa shape index (κ2) is 6.56. The molecule has 4 N–H and O–H groups in total. The van der Waals surface area contributed by atoms with Gasteiger partial charge in [-0.1, -0.05) is 13.8 Å². The average molecular weight is 290 g/mol. The van der Waals surface area contributed by atoms with E-state index in [9.17, 15) is 18.0 Å². The van der Waals surface area contributed by atoms with Crippen molar-refractivity contribution in [3.63, 3.8) is 0 Å². The number of rotatable bonds is 5. The van der Waals surface area contributed by atoms with Crippen molar-refractivity contribution in [2.45, 2.75) is 32.4 Å². The Balaban J connectivity index is 2.79. The van der Waals surface area contributed by atoms with Gasteiger partial charge in [0, 0.05) is 17.8 Å². The summed E-state index contributed by atoms with van der Waals surface area (Å²) >= 11 is 0. The number of anilines is 1. The van der Waals surface area contributed by atoms with Gasteiger partial charge in [-0.2, -0.15) is 13.2 Å². The molecule has 112 valence electrons. The fourth-order valence-electron chi connectivity index (χ4n) is 1.47. The first-order chi connectivity index (χ1) is 9.23. The minimum atomic E-state index is -4.29. The molecule has 1 aromatic rings. The maximum Gasteiger partial charge on any atom is 0.390 e. The molecule has 0 saturated carbocycles. The van der Waals surface area contributed by atoms with E-state index >= 15 is 0 Å². The van der Waals surface area contributed by atoms with Crippen LogP contribution in [-0.2, 0) is 0 Å². The molecule has 1 heterocycles. The van der Waals surface area contributed by atoms with E-state index in [1.54, 1.807) is 0 Å². The second-order valence-corrected chi connectivity index (χ2v) is 4.59. The minimum absolute atomic E-state index is 0.0602. The van der Waals surface area contributed by atoms with Gasteiger partial charge in [0.1, 0.15) is 5.82 Å². The molecular weight excluding hydrogens is 273 g/mol. The molecule has 0 aromatic carbocycles. The normalized spacial score (nSPS) is 11.6. The summed E-state index contributed by atoms with van der Waals surface area (Å²) in [6.07, 6.45) is -5.36. The van der Waals surface area contributed by atoms with Crippen molar-refractivity contribution in [2.75, 3.05) is 12.0 Å². The Hall–Kier alpha value is -1.83. The highest BCUT2D eigenvalue weighted by Crippen LogP contribution is 2.19. The van der Waals surface area contributed by atoms with Gasteiger partial charge in [0.15, 0.2) is 0 Å². The van der Waals surface area contributed by atoms with Crippen LogP contribution in [0.5, 0.6) is 0 Å². The number of hydrazine groups is 1. The standard InChI is InChI=1S/C12H17F3N4O/c1-7(2)9-5-8(6-10(18-9)19-16)11(20)17-4-3-12(13,14)15/h5-7H,3-4,16H2,1-2H3,(H,17,20)(H,18,19). The molecule has 0 aliphatic carbocycles. The van der Waals surface area contributed by atoms with E-state index in [2.05, 4.69) is 15.7 Å². The topological polar surface area (TPSA) is 80.0 Å². The number of hydrogen-bond donors (Lipinski definition) is 3. The predicted octanol–water partition coefficient (Wildman–Crippen LogP) is 2.17. The van der Waals surface area contributed by atoms with Crippen LogP contribution in [-0.4, -0.2) is 23.6 Å². The molecule has 0 fully saturated rings. The molecule has 0 bridgehead atoms. The molecule has 0 aliphatic rings. The third-order valence-corrected chi connectivity index (χ3v) is 2.54.